The van der Waals surface area contributed by atoms with Crippen LogP contribution in [0.1, 0.15) is 27.2 Å². The number of amides is 2. The first-order chi connectivity index (χ1) is 16.1. The molecule has 33 heavy (non-hydrogen) atoms. The van der Waals surface area contributed by atoms with E-state index in [-0.39, 0.29) is 18.4 Å². The number of aromatic nitrogens is 1. The van der Waals surface area contributed by atoms with Crippen molar-refractivity contribution in [1.29, 1.82) is 0 Å². The van der Waals surface area contributed by atoms with E-state index < -0.39 is 6.04 Å². The SMILES string of the molecule is COc1ccc(C(=O)N[C@H](COCc2ccccc2)C(=O)NCCc2ccccn2)cc1C. The van der Waals surface area contributed by atoms with Crippen molar-refractivity contribution in [3.63, 3.8) is 0 Å². The number of methoxy groups -OCH3 is 1. The Bertz CT molecular complexity index is 1040. The number of carbonyl (C=O) groups is 2. The van der Waals surface area contributed by atoms with Gasteiger partial charge in [0.15, 0.2) is 0 Å². The molecule has 3 rings (SSSR count). The van der Waals surface area contributed by atoms with Crippen LogP contribution >= 0.6 is 0 Å². The maximum absolute atomic E-state index is 12.9. The third kappa shape index (κ3) is 7.43. The summed E-state index contributed by atoms with van der Waals surface area (Å²) in [6.45, 7) is 2.66. The van der Waals surface area contributed by atoms with E-state index >= 15 is 0 Å². The van der Waals surface area contributed by atoms with Crippen molar-refractivity contribution in [3.05, 3.63) is 95.3 Å². The van der Waals surface area contributed by atoms with Gasteiger partial charge in [-0.15, -0.1) is 0 Å². The highest BCUT2D eigenvalue weighted by molar-refractivity contribution is 5.97. The number of hydrogen-bond acceptors (Lipinski definition) is 5. The molecule has 0 saturated carbocycles. The van der Waals surface area contributed by atoms with Crippen molar-refractivity contribution in [2.75, 3.05) is 20.3 Å². The minimum absolute atomic E-state index is 0.0468. The number of rotatable bonds is 11. The predicted molar refractivity (Wildman–Crippen MR) is 126 cm³/mol. The highest BCUT2D eigenvalue weighted by Crippen LogP contribution is 2.18. The molecule has 7 nitrogen and oxygen atoms in total. The molecule has 0 aliphatic carbocycles. The van der Waals surface area contributed by atoms with Crippen LogP contribution in [0.25, 0.3) is 0 Å². The Kier molecular flexibility index (Phi) is 8.97. The second-order valence-electron chi connectivity index (χ2n) is 7.57. The Balaban J connectivity index is 1.62. The summed E-state index contributed by atoms with van der Waals surface area (Å²) in [5.41, 5.74) is 3.15. The molecule has 7 heteroatoms. The zero-order valence-corrected chi connectivity index (χ0v) is 18.9. The van der Waals surface area contributed by atoms with Gasteiger partial charge < -0.3 is 20.1 Å². The zero-order valence-electron chi connectivity index (χ0n) is 18.9. The van der Waals surface area contributed by atoms with Crippen molar-refractivity contribution in [1.82, 2.24) is 15.6 Å². The summed E-state index contributed by atoms with van der Waals surface area (Å²) in [7, 11) is 1.58. The highest BCUT2D eigenvalue weighted by Gasteiger charge is 2.22. The molecule has 0 unspecified atom stereocenters. The second-order valence-corrected chi connectivity index (χ2v) is 7.57. The standard InChI is InChI=1S/C26H29N3O4/c1-19-16-21(11-12-24(19)32-2)25(30)29-23(18-33-17-20-8-4-3-5-9-20)26(31)28-15-13-22-10-6-7-14-27-22/h3-12,14,16,23H,13,15,17-18H2,1-2H3,(H,28,31)(H,29,30)/t23-/m1/s1. The summed E-state index contributed by atoms with van der Waals surface area (Å²) >= 11 is 0. The first-order valence-electron chi connectivity index (χ1n) is 10.8. The van der Waals surface area contributed by atoms with Gasteiger partial charge in [0.05, 0.1) is 20.3 Å². The van der Waals surface area contributed by atoms with E-state index in [1.807, 2.05) is 55.5 Å². The third-order valence-corrected chi connectivity index (χ3v) is 5.08. The van der Waals surface area contributed by atoms with Gasteiger partial charge in [0.2, 0.25) is 5.91 Å². The molecule has 2 aromatic carbocycles. The van der Waals surface area contributed by atoms with Gasteiger partial charge in [-0.3, -0.25) is 14.6 Å². The second kappa shape index (κ2) is 12.4. The maximum Gasteiger partial charge on any atom is 0.252 e. The van der Waals surface area contributed by atoms with Crippen molar-refractivity contribution in [2.45, 2.75) is 26.0 Å². The molecule has 0 aliphatic rings. The molecule has 0 saturated heterocycles. The Labute approximate surface area is 194 Å². The van der Waals surface area contributed by atoms with E-state index in [1.165, 1.54) is 0 Å². The average Bonchev–Trinajstić information content (AvgIpc) is 2.84. The monoisotopic (exact) mass is 447 g/mol. The van der Waals surface area contributed by atoms with Crippen LogP contribution in [0.2, 0.25) is 0 Å². The van der Waals surface area contributed by atoms with Crippen molar-refractivity contribution in [2.24, 2.45) is 0 Å². The fraction of sp³-hybridized carbons (Fsp3) is 0.269. The lowest BCUT2D eigenvalue weighted by Gasteiger charge is -2.19. The quantitative estimate of drug-likeness (QED) is 0.472. The highest BCUT2D eigenvalue weighted by atomic mass is 16.5. The van der Waals surface area contributed by atoms with Gasteiger partial charge in [0, 0.05) is 30.4 Å². The number of benzene rings is 2. The molecule has 0 spiro atoms. The average molecular weight is 448 g/mol. The summed E-state index contributed by atoms with van der Waals surface area (Å²) < 4.78 is 11.0. The van der Waals surface area contributed by atoms with Gasteiger partial charge in [-0.05, 0) is 48.4 Å². The van der Waals surface area contributed by atoms with E-state index in [0.29, 0.717) is 30.9 Å². The Morgan fingerprint density at radius 3 is 2.52 bits per heavy atom. The summed E-state index contributed by atoms with van der Waals surface area (Å²) in [5.74, 6) is 0.0353. The lowest BCUT2D eigenvalue weighted by Crippen LogP contribution is -2.49. The molecule has 1 atom stereocenters. The fourth-order valence-corrected chi connectivity index (χ4v) is 3.30. The molecule has 0 fully saturated rings. The van der Waals surface area contributed by atoms with Crippen LogP contribution < -0.4 is 15.4 Å². The van der Waals surface area contributed by atoms with Crippen LogP contribution in [0.5, 0.6) is 5.75 Å². The van der Waals surface area contributed by atoms with Crippen LogP contribution in [-0.4, -0.2) is 43.1 Å². The molecule has 3 aromatic rings. The summed E-state index contributed by atoms with van der Waals surface area (Å²) in [4.78, 5) is 30.0. The topological polar surface area (TPSA) is 89.5 Å². The number of pyridine rings is 1. The van der Waals surface area contributed by atoms with Crippen LogP contribution in [0.3, 0.4) is 0 Å². The van der Waals surface area contributed by atoms with E-state index in [4.69, 9.17) is 9.47 Å². The fourth-order valence-electron chi connectivity index (χ4n) is 3.30. The molecule has 0 bridgehead atoms. The van der Waals surface area contributed by atoms with Gasteiger partial charge in [0.25, 0.3) is 5.91 Å². The number of ether oxygens (including phenoxy) is 2. The smallest absolute Gasteiger partial charge is 0.252 e. The Hall–Kier alpha value is -3.71. The lowest BCUT2D eigenvalue weighted by atomic mass is 10.1. The number of nitrogens with one attached hydrogen (secondary N) is 2. The van der Waals surface area contributed by atoms with Crippen molar-refractivity contribution < 1.29 is 19.1 Å². The van der Waals surface area contributed by atoms with Crippen LogP contribution in [-0.2, 0) is 22.6 Å². The summed E-state index contributed by atoms with van der Waals surface area (Å²) in [6.07, 6.45) is 2.31. The summed E-state index contributed by atoms with van der Waals surface area (Å²) in [6, 6.07) is 19.6. The molecule has 0 aliphatic heterocycles. The largest absolute Gasteiger partial charge is 0.496 e. The molecule has 1 aromatic heterocycles. The number of carbonyl (C=O) groups excluding carboxylic acids is 2. The molecular weight excluding hydrogens is 418 g/mol. The zero-order chi connectivity index (χ0) is 23.5. The van der Waals surface area contributed by atoms with Crippen molar-refractivity contribution in [3.8, 4) is 5.75 Å². The Morgan fingerprint density at radius 1 is 1.03 bits per heavy atom. The number of nitrogens with zero attached hydrogens (tertiary/aromatic N) is 1. The van der Waals surface area contributed by atoms with E-state index in [1.54, 1.807) is 31.5 Å². The summed E-state index contributed by atoms with van der Waals surface area (Å²) in [5, 5.41) is 5.67. The Morgan fingerprint density at radius 2 is 1.82 bits per heavy atom. The van der Waals surface area contributed by atoms with E-state index in [0.717, 1.165) is 16.8 Å². The molecule has 2 N–H and O–H groups in total. The van der Waals surface area contributed by atoms with Gasteiger partial charge in [-0.25, -0.2) is 0 Å². The third-order valence-electron chi connectivity index (χ3n) is 5.08. The predicted octanol–water partition coefficient (Wildman–Crippen LogP) is 3.07. The van der Waals surface area contributed by atoms with Gasteiger partial charge in [-0.2, -0.15) is 0 Å². The molecule has 0 radical (unpaired) electrons. The van der Waals surface area contributed by atoms with Gasteiger partial charge in [-0.1, -0.05) is 36.4 Å². The van der Waals surface area contributed by atoms with Crippen molar-refractivity contribution >= 4 is 11.8 Å². The number of hydrogen-bond donors (Lipinski definition) is 2. The maximum atomic E-state index is 12.9. The molecule has 2 amide bonds. The van der Waals surface area contributed by atoms with Crippen LogP contribution in [0, 0.1) is 6.92 Å². The van der Waals surface area contributed by atoms with Gasteiger partial charge >= 0.3 is 0 Å². The number of aryl methyl sites for hydroxylation is 1. The molecule has 1 heterocycles. The van der Waals surface area contributed by atoms with Gasteiger partial charge in [0.1, 0.15) is 11.8 Å². The van der Waals surface area contributed by atoms with Crippen LogP contribution in [0.4, 0.5) is 0 Å². The normalized spacial score (nSPS) is 11.5. The first-order valence-corrected chi connectivity index (χ1v) is 10.8. The molecular formula is C26H29N3O4. The first kappa shape index (κ1) is 23.9. The minimum atomic E-state index is -0.840. The minimum Gasteiger partial charge on any atom is -0.496 e. The lowest BCUT2D eigenvalue weighted by molar-refractivity contribution is -0.124. The van der Waals surface area contributed by atoms with E-state index in [2.05, 4.69) is 15.6 Å². The molecule has 172 valence electrons. The van der Waals surface area contributed by atoms with Crippen LogP contribution in [0.15, 0.2) is 72.9 Å². The van der Waals surface area contributed by atoms with E-state index in [9.17, 15) is 9.59 Å².